The number of likely N-dealkylation sites (tertiary alicyclic amines) is 1. The van der Waals surface area contributed by atoms with Gasteiger partial charge in [-0.25, -0.2) is 4.98 Å². The third kappa shape index (κ3) is 3.47. The summed E-state index contributed by atoms with van der Waals surface area (Å²) in [4.78, 5) is 23.2. The lowest BCUT2D eigenvalue weighted by Gasteiger charge is -2.32. The van der Waals surface area contributed by atoms with Crippen molar-refractivity contribution in [3.05, 3.63) is 46.7 Å². The summed E-state index contributed by atoms with van der Waals surface area (Å²) in [5.41, 5.74) is 0.0757. The van der Waals surface area contributed by atoms with E-state index in [4.69, 9.17) is 20.9 Å². The Balaban J connectivity index is 1.63. The number of piperidine rings is 1. The highest BCUT2D eigenvalue weighted by Crippen LogP contribution is 2.31. The van der Waals surface area contributed by atoms with Crippen LogP contribution in [0.5, 0.6) is 0 Å². The van der Waals surface area contributed by atoms with Crippen molar-refractivity contribution in [1.82, 2.24) is 24.4 Å². The largest absolute Gasteiger partial charge is 0.384 e. The first-order valence-electron chi connectivity index (χ1n) is 9.04. The molecule has 0 radical (unpaired) electrons. The molecule has 1 saturated heterocycles. The van der Waals surface area contributed by atoms with Gasteiger partial charge in [0, 0.05) is 26.3 Å². The fraction of sp³-hybridized carbons (Fsp3) is 0.444. The number of methoxy groups -OCH3 is 1. The van der Waals surface area contributed by atoms with Crippen molar-refractivity contribution in [2.45, 2.75) is 31.7 Å². The van der Waals surface area contributed by atoms with Crippen LogP contribution in [0.2, 0.25) is 5.02 Å². The summed E-state index contributed by atoms with van der Waals surface area (Å²) in [5, 5.41) is 4.30. The summed E-state index contributed by atoms with van der Waals surface area (Å²) in [6.07, 6.45) is 4.30. The normalized spacial score (nSPS) is 17.4. The Bertz CT molecular complexity index is 1000. The molecule has 1 aliphatic rings. The molecule has 0 aromatic carbocycles. The molecule has 1 aliphatic heterocycles. The molecule has 0 saturated carbocycles. The molecule has 1 atom stereocenters. The molecule has 0 spiro atoms. The van der Waals surface area contributed by atoms with Gasteiger partial charge in [0.15, 0.2) is 11.5 Å². The molecule has 0 aliphatic carbocycles. The number of rotatable bonds is 5. The molecule has 28 heavy (non-hydrogen) atoms. The molecule has 3 aromatic rings. The number of aromatic nitrogens is 4. The fourth-order valence-electron chi connectivity index (χ4n) is 3.39. The Morgan fingerprint density at radius 3 is 3.07 bits per heavy atom. The number of carbonyl (C=O) groups is 1. The Labute approximate surface area is 165 Å². The van der Waals surface area contributed by atoms with E-state index in [0.717, 1.165) is 12.8 Å². The van der Waals surface area contributed by atoms with Gasteiger partial charge < -0.3 is 14.2 Å². The zero-order valence-corrected chi connectivity index (χ0v) is 16.0. The van der Waals surface area contributed by atoms with Crippen molar-refractivity contribution in [2.75, 3.05) is 20.3 Å². The molecular weight excluding hydrogens is 389 g/mol. The minimum atomic E-state index is -0.738. The second-order valence-corrected chi connectivity index (χ2v) is 7.06. The molecule has 8 nitrogen and oxygen atoms in total. The first-order chi connectivity index (χ1) is 13.6. The van der Waals surface area contributed by atoms with Crippen molar-refractivity contribution in [1.29, 1.82) is 0 Å². The highest BCUT2D eigenvalue weighted by atomic mass is 35.5. The van der Waals surface area contributed by atoms with E-state index in [2.05, 4.69) is 15.1 Å². The van der Waals surface area contributed by atoms with Gasteiger partial charge in [0.1, 0.15) is 11.7 Å². The second-order valence-electron chi connectivity index (χ2n) is 6.63. The summed E-state index contributed by atoms with van der Waals surface area (Å²) in [7, 11) is 1.60. The monoisotopic (exact) mass is 407 g/mol. The number of hydrogen-bond donors (Lipinski definition) is 0. The van der Waals surface area contributed by atoms with Gasteiger partial charge >= 0.3 is 0 Å². The Morgan fingerprint density at radius 1 is 1.39 bits per heavy atom. The van der Waals surface area contributed by atoms with Gasteiger partial charge in [-0.3, -0.25) is 9.20 Å². The van der Waals surface area contributed by atoms with E-state index in [1.54, 1.807) is 24.1 Å². The van der Waals surface area contributed by atoms with Crippen molar-refractivity contribution < 1.29 is 18.4 Å². The average molecular weight is 408 g/mol. The van der Waals surface area contributed by atoms with Crippen LogP contribution in [0.15, 0.2) is 22.9 Å². The van der Waals surface area contributed by atoms with Crippen molar-refractivity contribution in [3.8, 4) is 0 Å². The molecule has 10 heteroatoms. The summed E-state index contributed by atoms with van der Waals surface area (Å²) in [6, 6.07) is 2.76. The predicted octanol–water partition coefficient (Wildman–Crippen LogP) is 3.07. The van der Waals surface area contributed by atoms with Crippen LogP contribution in [0.1, 0.15) is 47.5 Å². The molecule has 4 rings (SSSR count). The number of halogens is 2. The van der Waals surface area contributed by atoms with E-state index in [-0.39, 0.29) is 5.69 Å². The molecule has 1 unspecified atom stereocenters. The topological polar surface area (TPSA) is 85.8 Å². The molecular formula is C18H19ClFN5O3. The van der Waals surface area contributed by atoms with Crippen LogP contribution in [-0.2, 0) is 11.2 Å². The zero-order valence-electron chi connectivity index (χ0n) is 15.3. The second kappa shape index (κ2) is 7.84. The lowest BCUT2D eigenvalue weighted by atomic mass is 10.0. The summed E-state index contributed by atoms with van der Waals surface area (Å²) in [6.45, 7) is 0.939. The van der Waals surface area contributed by atoms with Crippen LogP contribution in [-0.4, -0.2) is 50.6 Å². The summed E-state index contributed by atoms with van der Waals surface area (Å²) >= 11 is 5.92. The number of imidazole rings is 1. The lowest BCUT2D eigenvalue weighted by Crippen LogP contribution is -2.39. The van der Waals surface area contributed by atoms with Gasteiger partial charge in [-0.15, -0.1) is 0 Å². The number of pyridine rings is 1. The average Bonchev–Trinajstić information content (AvgIpc) is 3.31. The smallest absolute Gasteiger partial charge is 0.277 e. The lowest BCUT2D eigenvalue weighted by molar-refractivity contribution is 0.0550. The van der Waals surface area contributed by atoms with Crippen molar-refractivity contribution >= 4 is 23.2 Å². The minimum absolute atomic E-state index is 0.242. The number of fused-ring (bicyclic) bond motifs is 1. The van der Waals surface area contributed by atoms with Crippen LogP contribution in [0, 0.1) is 5.95 Å². The molecule has 0 bridgehead atoms. The molecule has 1 amide bonds. The molecule has 1 fully saturated rings. The van der Waals surface area contributed by atoms with E-state index in [9.17, 15) is 9.18 Å². The fourth-order valence-corrected chi connectivity index (χ4v) is 3.55. The molecule has 4 heterocycles. The summed E-state index contributed by atoms with van der Waals surface area (Å²) < 4.78 is 26.4. The van der Waals surface area contributed by atoms with E-state index in [1.165, 1.54) is 10.6 Å². The highest BCUT2D eigenvalue weighted by molar-refractivity contribution is 6.30. The quantitative estimate of drug-likeness (QED) is 0.646. The van der Waals surface area contributed by atoms with Gasteiger partial charge in [-0.05, 0) is 31.4 Å². The van der Waals surface area contributed by atoms with Gasteiger partial charge in [0.2, 0.25) is 11.8 Å². The van der Waals surface area contributed by atoms with Crippen molar-refractivity contribution in [3.63, 3.8) is 0 Å². The standard InChI is InChI=1S/C18H19ClFN5O3/c1-27-9-7-13-21-17(28-23-13)12-4-2-3-8-24(12)18(26)15-16(20)25-10-11(19)5-6-14(25)22-15/h5-6,10,12H,2-4,7-9H2,1H3. The Hall–Kier alpha value is -2.52. The first kappa shape index (κ1) is 18.8. The molecule has 3 aromatic heterocycles. The maximum Gasteiger partial charge on any atom is 0.277 e. The van der Waals surface area contributed by atoms with Gasteiger partial charge in [0.25, 0.3) is 5.91 Å². The summed E-state index contributed by atoms with van der Waals surface area (Å²) in [5.74, 6) is -0.369. The number of hydrogen-bond acceptors (Lipinski definition) is 6. The van der Waals surface area contributed by atoms with Crippen LogP contribution in [0.3, 0.4) is 0 Å². The zero-order chi connectivity index (χ0) is 19.7. The van der Waals surface area contributed by atoms with E-state index in [0.29, 0.717) is 48.4 Å². The number of carbonyl (C=O) groups excluding carboxylic acids is 1. The minimum Gasteiger partial charge on any atom is -0.384 e. The SMILES string of the molecule is COCCc1noc(C2CCCCN2C(=O)c2nc3ccc(Cl)cn3c2F)n1. The Morgan fingerprint density at radius 2 is 2.25 bits per heavy atom. The van der Waals surface area contributed by atoms with Crippen LogP contribution in [0.25, 0.3) is 5.65 Å². The van der Waals surface area contributed by atoms with Crippen LogP contribution >= 0.6 is 11.6 Å². The van der Waals surface area contributed by atoms with E-state index >= 15 is 0 Å². The van der Waals surface area contributed by atoms with E-state index < -0.39 is 17.9 Å². The predicted molar refractivity (Wildman–Crippen MR) is 97.7 cm³/mol. The molecule has 148 valence electrons. The maximum absolute atomic E-state index is 14.8. The highest BCUT2D eigenvalue weighted by Gasteiger charge is 2.35. The number of ether oxygens (including phenoxy) is 1. The Kier molecular flexibility index (Phi) is 5.27. The third-order valence-corrected chi connectivity index (χ3v) is 5.01. The number of amides is 1. The van der Waals surface area contributed by atoms with Crippen LogP contribution in [0.4, 0.5) is 4.39 Å². The van der Waals surface area contributed by atoms with Gasteiger partial charge in [-0.1, -0.05) is 16.8 Å². The van der Waals surface area contributed by atoms with Crippen molar-refractivity contribution in [2.24, 2.45) is 0 Å². The number of nitrogens with zero attached hydrogens (tertiary/aromatic N) is 5. The van der Waals surface area contributed by atoms with E-state index in [1.807, 2.05) is 0 Å². The maximum atomic E-state index is 14.8. The van der Waals surface area contributed by atoms with Crippen LogP contribution < -0.4 is 0 Å². The molecule has 0 N–H and O–H groups in total. The van der Waals surface area contributed by atoms with Gasteiger partial charge in [-0.2, -0.15) is 9.37 Å². The first-order valence-corrected chi connectivity index (χ1v) is 9.41. The third-order valence-electron chi connectivity index (χ3n) is 4.79. The van der Waals surface area contributed by atoms with Gasteiger partial charge in [0.05, 0.1) is 11.6 Å².